The largest absolute Gasteiger partial charge is 0.438 e. The van der Waals surface area contributed by atoms with Crippen LogP contribution in [0, 0.1) is 5.82 Å². The van der Waals surface area contributed by atoms with Crippen LogP contribution in [-0.2, 0) is 20.9 Å². The smallest absolute Gasteiger partial charge is 0.411 e. The van der Waals surface area contributed by atoms with Crippen molar-refractivity contribution < 1.29 is 23.5 Å². The van der Waals surface area contributed by atoms with Gasteiger partial charge in [0.1, 0.15) is 5.82 Å². The zero-order valence-corrected chi connectivity index (χ0v) is 19.8. The molecule has 2 fully saturated rings. The number of nitrogens with zero attached hydrogens (tertiary/aromatic N) is 2. The van der Waals surface area contributed by atoms with Crippen LogP contribution in [0.4, 0.5) is 14.9 Å². The van der Waals surface area contributed by atoms with Crippen molar-refractivity contribution in [2.45, 2.75) is 44.9 Å². The number of hydrogen-bond acceptors (Lipinski definition) is 5. The molecule has 2 unspecified atom stereocenters. The molecule has 2 saturated heterocycles. The molecule has 0 spiro atoms. The van der Waals surface area contributed by atoms with Crippen molar-refractivity contribution in [3.63, 3.8) is 0 Å². The van der Waals surface area contributed by atoms with Gasteiger partial charge < -0.3 is 20.3 Å². The average molecular weight is 483 g/mol. The first-order valence-electron chi connectivity index (χ1n) is 12.1. The van der Waals surface area contributed by atoms with E-state index in [0.29, 0.717) is 29.8 Å². The Balaban J connectivity index is 1.52. The van der Waals surface area contributed by atoms with Crippen LogP contribution in [0.5, 0.6) is 0 Å². The minimum atomic E-state index is -0.887. The molecular weight excluding hydrogens is 451 g/mol. The molecule has 0 bridgehead atoms. The highest BCUT2D eigenvalue weighted by Gasteiger charge is 2.46. The topological polar surface area (TPSA) is 91.0 Å². The van der Waals surface area contributed by atoms with E-state index < -0.39 is 18.2 Å². The number of nitrogens with one attached hydrogen (secondary N) is 2. The van der Waals surface area contributed by atoms with Gasteiger partial charge in [-0.25, -0.2) is 9.18 Å². The first-order chi connectivity index (χ1) is 16.9. The Morgan fingerprint density at radius 2 is 1.74 bits per heavy atom. The van der Waals surface area contributed by atoms with E-state index in [0.717, 1.165) is 19.6 Å². The van der Waals surface area contributed by atoms with E-state index in [1.807, 2.05) is 0 Å². The third kappa shape index (κ3) is 6.16. The van der Waals surface area contributed by atoms with Gasteiger partial charge in [-0.1, -0.05) is 31.2 Å². The highest BCUT2D eigenvalue weighted by Crippen LogP contribution is 2.34. The molecule has 0 saturated carbocycles. The Hall–Kier alpha value is -3.46. The fourth-order valence-electron chi connectivity index (χ4n) is 4.45. The van der Waals surface area contributed by atoms with Crippen LogP contribution in [0.3, 0.4) is 0 Å². The molecular formula is C26H31FN4O4. The van der Waals surface area contributed by atoms with Crippen molar-refractivity contribution >= 4 is 23.6 Å². The number of anilines is 1. The number of amides is 3. The molecule has 0 aromatic heterocycles. The summed E-state index contributed by atoms with van der Waals surface area (Å²) in [4.78, 5) is 41.6. The normalized spacial score (nSPS) is 20.1. The summed E-state index contributed by atoms with van der Waals surface area (Å²) in [5, 5.41) is 5.75. The van der Waals surface area contributed by atoms with Gasteiger partial charge in [-0.05, 0) is 61.3 Å². The van der Waals surface area contributed by atoms with Gasteiger partial charge in [0, 0.05) is 25.2 Å². The zero-order chi connectivity index (χ0) is 24.8. The van der Waals surface area contributed by atoms with Crippen molar-refractivity contribution in [2.24, 2.45) is 0 Å². The monoisotopic (exact) mass is 482 g/mol. The molecule has 3 amide bonds. The third-order valence-corrected chi connectivity index (χ3v) is 6.39. The predicted molar refractivity (Wildman–Crippen MR) is 129 cm³/mol. The lowest BCUT2D eigenvalue weighted by molar-refractivity contribution is -0.126. The van der Waals surface area contributed by atoms with E-state index in [-0.39, 0.29) is 24.2 Å². The quantitative estimate of drug-likeness (QED) is 0.571. The van der Waals surface area contributed by atoms with Crippen LogP contribution in [0.25, 0.3) is 0 Å². The molecule has 2 aliphatic rings. The zero-order valence-electron chi connectivity index (χ0n) is 19.8. The summed E-state index contributed by atoms with van der Waals surface area (Å²) >= 11 is 0. The number of rotatable bonds is 9. The van der Waals surface area contributed by atoms with Gasteiger partial charge in [0.25, 0.3) is 0 Å². The third-order valence-electron chi connectivity index (χ3n) is 6.39. The standard InChI is InChI=1S/C26H31FN4O4/c1-2-22(32)29-21-11-7-19(8-12-21)24-23(25(33)28-13-16-30-14-3-4-15-30)31(26(34)35-24)17-18-5-9-20(27)10-6-18/h5-12,23-24H,2-4,13-17H2,1H3,(H,28,33)(H,29,32). The Morgan fingerprint density at radius 3 is 2.40 bits per heavy atom. The van der Waals surface area contributed by atoms with E-state index in [9.17, 15) is 18.8 Å². The molecule has 2 atom stereocenters. The summed E-state index contributed by atoms with van der Waals surface area (Å²) in [6.07, 6.45) is 1.27. The summed E-state index contributed by atoms with van der Waals surface area (Å²) in [6.45, 7) is 5.17. The number of hydrogen-bond donors (Lipinski definition) is 2. The summed E-state index contributed by atoms with van der Waals surface area (Å²) in [7, 11) is 0. The SMILES string of the molecule is CCC(=O)Nc1ccc(C2OC(=O)N(Cc3ccc(F)cc3)C2C(=O)NCCN2CCCC2)cc1. The number of cyclic esters (lactones) is 1. The van der Waals surface area contributed by atoms with Gasteiger partial charge in [0.05, 0.1) is 6.54 Å². The van der Waals surface area contributed by atoms with Gasteiger partial charge in [-0.2, -0.15) is 0 Å². The first kappa shape index (κ1) is 24.7. The van der Waals surface area contributed by atoms with Crippen molar-refractivity contribution in [3.05, 3.63) is 65.5 Å². The van der Waals surface area contributed by atoms with E-state index >= 15 is 0 Å². The highest BCUT2D eigenvalue weighted by molar-refractivity contribution is 5.91. The lowest BCUT2D eigenvalue weighted by atomic mass is 10.00. The van der Waals surface area contributed by atoms with Crippen LogP contribution in [0.2, 0.25) is 0 Å². The number of carbonyl (C=O) groups is 3. The maximum atomic E-state index is 13.4. The summed E-state index contributed by atoms with van der Waals surface area (Å²) < 4.78 is 19.0. The molecule has 2 heterocycles. The molecule has 4 rings (SSSR count). The summed E-state index contributed by atoms with van der Waals surface area (Å²) in [5.41, 5.74) is 1.96. The lowest BCUT2D eigenvalue weighted by Gasteiger charge is -2.25. The van der Waals surface area contributed by atoms with Crippen LogP contribution in [0.15, 0.2) is 48.5 Å². The number of benzene rings is 2. The number of halogens is 1. The fraction of sp³-hybridized carbons (Fsp3) is 0.423. The van der Waals surface area contributed by atoms with Crippen LogP contribution in [-0.4, -0.2) is 59.9 Å². The first-order valence-corrected chi connectivity index (χ1v) is 12.1. The van der Waals surface area contributed by atoms with E-state index in [1.165, 1.54) is 29.9 Å². The Kier molecular flexibility index (Phi) is 7.97. The maximum absolute atomic E-state index is 13.4. The molecule has 2 aliphatic heterocycles. The predicted octanol–water partition coefficient (Wildman–Crippen LogP) is 3.45. The van der Waals surface area contributed by atoms with Crippen molar-refractivity contribution in [3.8, 4) is 0 Å². The second-order valence-corrected chi connectivity index (χ2v) is 8.87. The lowest BCUT2D eigenvalue weighted by Crippen LogP contribution is -2.47. The van der Waals surface area contributed by atoms with Crippen LogP contribution in [0.1, 0.15) is 43.4 Å². The molecule has 8 nitrogen and oxygen atoms in total. The van der Waals surface area contributed by atoms with Crippen molar-refractivity contribution in [1.82, 2.24) is 15.1 Å². The van der Waals surface area contributed by atoms with Gasteiger partial charge in [0.2, 0.25) is 11.8 Å². The van der Waals surface area contributed by atoms with Crippen LogP contribution < -0.4 is 10.6 Å². The van der Waals surface area contributed by atoms with E-state index in [1.54, 1.807) is 43.3 Å². The molecule has 2 aromatic rings. The van der Waals surface area contributed by atoms with E-state index in [2.05, 4.69) is 15.5 Å². The number of carbonyl (C=O) groups excluding carboxylic acids is 3. The number of ether oxygens (including phenoxy) is 1. The molecule has 0 radical (unpaired) electrons. The molecule has 2 aromatic carbocycles. The second-order valence-electron chi connectivity index (χ2n) is 8.87. The van der Waals surface area contributed by atoms with Crippen molar-refractivity contribution in [1.29, 1.82) is 0 Å². The Morgan fingerprint density at radius 1 is 1.06 bits per heavy atom. The molecule has 35 heavy (non-hydrogen) atoms. The van der Waals surface area contributed by atoms with Gasteiger partial charge >= 0.3 is 6.09 Å². The summed E-state index contributed by atoms with van der Waals surface area (Å²) in [5.74, 6) is -0.779. The molecule has 186 valence electrons. The fourth-order valence-corrected chi connectivity index (χ4v) is 4.45. The van der Waals surface area contributed by atoms with Crippen molar-refractivity contribution in [2.75, 3.05) is 31.5 Å². The minimum Gasteiger partial charge on any atom is -0.438 e. The Labute approximate surface area is 204 Å². The highest BCUT2D eigenvalue weighted by atomic mass is 19.1. The number of likely N-dealkylation sites (tertiary alicyclic amines) is 1. The molecule has 2 N–H and O–H groups in total. The van der Waals surface area contributed by atoms with Gasteiger partial charge in [-0.3, -0.25) is 14.5 Å². The molecule has 9 heteroatoms. The maximum Gasteiger partial charge on any atom is 0.411 e. The summed E-state index contributed by atoms with van der Waals surface area (Å²) in [6, 6.07) is 11.9. The van der Waals surface area contributed by atoms with E-state index in [4.69, 9.17) is 4.74 Å². The molecule has 0 aliphatic carbocycles. The minimum absolute atomic E-state index is 0.106. The van der Waals surface area contributed by atoms with Gasteiger partial charge in [-0.15, -0.1) is 0 Å². The van der Waals surface area contributed by atoms with Crippen LogP contribution >= 0.6 is 0 Å². The van der Waals surface area contributed by atoms with Gasteiger partial charge in [0.15, 0.2) is 12.1 Å². The average Bonchev–Trinajstić information content (AvgIpc) is 3.49. The second kappa shape index (κ2) is 11.3. The Bertz CT molecular complexity index is 1040.